The van der Waals surface area contributed by atoms with Crippen LogP contribution in [-0.4, -0.2) is 21.6 Å². The van der Waals surface area contributed by atoms with E-state index in [0.29, 0.717) is 5.75 Å². The van der Waals surface area contributed by atoms with Crippen LogP contribution in [0.2, 0.25) is 0 Å². The van der Waals surface area contributed by atoms with Gasteiger partial charge in [-0.15, -0.1) is 0 Å². The monoisotopic (exact) mass is 367 g/mol. The zero-order chi connectivity index (χ0) is 17.4. The molecule has 0 spiro atoms. The largest absolute Gasteiger partial charge is 0.337 e. The number of rotatable bonds is 3. The van der Waals surface area contributed by atoms with Gasteiger partial charge in [-0.3, -0.25) is 9.69 Å². The molecule has 0 aliphatic carbocycles. The van der Waals surface area contributed by atoms with Crippen LogP contribution >= 0.6 is 23.5 Å². The Morgan fingerprint density at radius 1 is 1.08 bits per heavy atom. The number of hydrogen-bond acceptors (Lipinski definition) is 4. The van der Waals surface area contributed by atoms with E-state index in [1.165, 1.54) is 11.8 Å². The maximum atomic E-state index is 13.0. The van der Waals surface area contributed by atoms with E-state index in [1.54, 1.807) is 11.8 Å². The molecular weight excluding hydrogens is 350 g/mol. The zero-order valence-electron chi connectivity index (χ0n) is 13.9. The van der Waals surface area contributed by atoms with E-state index in [-0.39, 0.29) is 5.91 Å². The van der Waals surface area contributed by atoms with E-state index in [9.17, 15) is 4.79 Å². The van der Waals surface area contributed by atoms with Crippen molar-refractivity contribution in [3.63, 3.8) is 0 Å². The van der Waals surface area contributed by atoms with Crippen LogP contribution in [0.1, 0.15) is 11.4 Å². The Balaban J connectivity index is 1.63. The summed E-state index contributed by atoms with van der Waals surface area (Å²) < 4.78 is 0. The maximum Gasteiger partial charge on any atom is 0.242 e. The number of para-hydroxylation sites is 2. The minimum Gasteiger partial charge on any atom is -0.337 e. The Hall–Kier alpha value is -2.18. The Morgan fingerprint density at radius 2 is 1.68 bits per heavy atom. The second-order valence-corrected chi connectivity index (χ2v) is 7.86. The predicted octanol–water partition coefficient (Wildman–Crippen LogP) is 4.95. The van der Waals surface area contributed by atoms with Crippen LogP contribution in [0.25, 0.3) is 0 Å². The molecule has 2 heterocycles. The molecule has 1 aliphatic heterocycles. The molecule has 3 aromatic rings. The molecule has 126 valence electrons. The van der Waals surface area contributed by atoms with Gasteiger partial charge in [0.25, 0.3) is 0 Å². The summed E-state index contributed by atoms with van der Waals surface area (Å²) in [5.74, 6) is 0.386. The number of fused-ring (bicyclic) bond motifs is 2. The molecule has 2 aromatic carbocycles. The van der Waals surface area contributed by atoms with Gasteiger partial charge in [0.2, 0.25) is 5.91 Å². The zero-order valence-corrected chi connectivity index (χ0v) is 15.6. The number of imidazole rings is 1. The number of aryl methyl sites for hydroxylation is 2. The van der Waals surface area contributed by atoms with Crippen LogP contribution in [0.3, 0.4) is 0 Å². The van der Waals surface area contributed by atoms with Crippen LogP contribution in [0, 0.1) is 13.8 Å². The Morgan fingerprint density at radius 3 is 2.24 bits per heavy atom. The predicted molar refractivity (Wildman–Crippen MR) is 103 cm³/mol. The van der Waals surface area contributed by atoms with Crippen LogP contribution in [0.4, 0.5) is 11.4 Å². The summed E-state index contributed by atoms with van der Waals surface area (Å²) in [5.41, 5.74) is 3.91. The third-order valence-corrected chi connectivity index (χ3v) is 6.11. The van der Waals surface area contributed by atoms with Crippen LogP contribution in [-0.2, 0) is 4.79 Å². The van der Waals surface area contributed by atoms with E-state index >= 15 is 0 Å². The Labute approximate surface area is 155 Å². The molecule has 4 rings (SSSR count). The first kappa shape index (κ1) is 16.3. The van der Waals surface area contributed by atoms with Gasteiger partial charge in [-0.05, 0) is 38.1 Å². The smallest absolute Gasteiger partial charge is 0.242 e. The second-order valence-electron chi connectivity index (χ2n) is 5.81. The van der Waals surface area contributed by atoms with Crippen molar-refractivity contribution >= 4 is 40.8 Å². The molecule has 6 heteroatoms. The van der Waals surface area contributed by atoms with E-state index in [1.807, 2.05) is 55.1 Å². The molecule has 0 radical (unpaired) electrons. The van der Waals surface area contributed by atoms with E-state index in [0.717, 1.165) is 37.7 Å². The molecule has 1 aliphatic rings. The highest BCUT2D eigenvalue weighted by Gasteiger charge is 2.27. The molecule has 1 amide bonds. The molecule has 0 unspecified atom stereocenters. The van der Waals surface area contributed by atoms with E-state index < -0.39 is 0 Å². The van der Waals surface area contributed by atoms with E-state index in [2.05, 4.69) is 22.1 Å². The lowest BCUT2D eigenvalue weighted by atomic mass is 10.2. The first-order valence-corrected chi connectivity index (χ1v) is 9.78. The van der Waals surface area contributed by atoms with Crippen LogP contribution in [0.15, 0.2) is 63.5 Å². The van der Waals surface area contributed by atoms with Crippen LogP contribution < -0.4 is 4.90 Å². The van der Waals surface area contributed by atoms with Crippen molar-refractivity contribution in [3.8, 4) is 0 Å². The summed E-state index contributed by atoms with van der Waals surface area (Å²) >= 11 is 3.15. The average molecular weight is 367 g/mol. The molecule has 0 fully saturated rings. The van der Waals surface area contributed by atoms with Crippen molar-refractivity contribution in [3.05, 3.63) is 59.9 Å². The quantitative estimate of drug-likeness (QED) is 0.666. The number of thioether (sulfide) groups is 1. The number of aromatic nitrogens is 2. The van der Waals surface area contributed by atoms with Gasteiger partial charge in [-0.1, -0.05) is 47.8 Å². The third-order valence-electron chi connectivity index (χ3n) is 4.12. The van der Waals surface area contributed by atoms with Gasteiger partial charge in [0.05, 0.1) is 22.8 Å². The van der Waals surface area contributed by atoms with Gasteiger partial charge in [0, 0.05) is 15.5 Å². The lowest BCUT2D eigenvalue weighted by Gasteiger charge is -2.30. The molecule has 0 atom stereocenters. The normalized spacial score (nSPS) is 12.6. The summed E-state index contributed by atoms with van der Waals surface area (Å²) in [6.45, 7) is 3.95. The molecular formula is C19H17N3OS2. The van der Waals surface area contributed by atoms with Crippen molar-refractivity contribution in [1.29, 1.82) is 0 Å². The second kappa shape index (κ2) is 6.61. The number of nitrogens with zero attached hydrogens (tertiary/aromatic N) is 2. The van der Waals surface area contributed by atoms with Crippen molar-refractivity contribution in [1.82, 2.24) is 9.97 Å². The molecule has 0 saturated heterocycles. The Kier molecular flexibility index (Phi) is 4.31. The van der Waals surface area contributed by atoms with Crippen LogP contribution in [0.5, 0.6) is 0 Å². The fraction of sp³-hybridized carbons (Fsp3) is 0.158. The number of hydrogen-bond donors (Lipinski definition) is 1. The topological polar surface area (TPSA) is 49.0 Å². The number of carbonyl (C=O) groups is 1. The molecule has 0 bridgehead atoms. The highest BCUT2D eigenvalue weighted by atomic mass is 32.2. The molecule has 0 saturated carbocycles. The fourth-order valence-electron chi connectivity index (χ4n) is 2.75. The summed E-state index contributed by atoms with van der Waals surface area (Å²) in [5, 5.41) is 0.788. The van der Waals surface area contributed by atoms with Crippen molar-refractivity contribution in [2.24, 2.45) is 0 Å². The number of anilines is 2. The standard InChI is InChI=1S/C19H17N3OS2/c1-12-13(2)21-19(20-12)24-11-18(23)22-14-7-3-5-9-16(14)25-17-10-6-4-8-15(17)22/h3-10H,11H2,1-2H3,(H,20,21). The number of aromatic amines is 1. The number of nitrogens with one attached hydrogen (secondary N) is 1. The summed E-state index contributed by atoms with van der Waals surface area (Å²) in [4.78, 5) is 24.7. The first-order chi connectivity index (χ1) is 12.1. The molecule has 1 aromatic heterocycles. The van der Waals surface area contributed by atoms with Crippen molar-refractivity contribution in [2.45, 2.75) is 28.8 Å². The number of amides is 1. The lowest BCUT2D eigenvalue weighted by Crippen LogP contribution is -2.30. The highest BCUT2D eigenvalue weighted by molar-refractivity contribution is 8.00. The first-order valence-electron chi connectivity index (χ1n) is 7.98. The SMILES string of the molecule is Cc1nc(SCC(=O)N2c3ccccc3Sc3ccccc32)[nH]c1C. The molecule has 25 heavy (non-hydrogen) atoms. The van der Waals surface area contributed by atoms with Gasteiger partial charge < -0.3 is 4.98 Å². The summed E-state index contributed by atoms with van der Waals surface area (Å²) in [6, 6.07) is 16.1. The van der Waals surface area contributed by atoms with Gasteiger partial charge >= 0.3 is 0 Å². The van der Waals surface area contributed by atoms with Gasteiger partial charge in [0.1, 0.15) is 0 Å². The summed E-state index contributed by atoms with van der Waals surface area (Å²) in [6.07, 6.45) is 0. The third kappa shape index (κ3) is 3.07. The lowest BCUT2D eigenvalue weighted by molar-refractivity contribution is -0.115. The van der Waals surface area contributed by atoms with E-state index in [4.69, 9.17) is 0 Å². The number of carbonyl (C=O) groups excluding carboxylic acids is 1. The average Bonchev–Trinajstić information content (AvgIpc) is 2.95. The van der Waals surface area contributed by atoms with Gasteiger partial charge in [0.15, 0.2) is 5.16 Å². The highest BCUT2D eigenvalue weighted by Crippen LogP contribution is 2.48. The van der Waals surface area contributed by atoms with Crippen molar-refractivity contribution < 1.29 is 4.79 Å². The minimum atomic E-state index is 0.0527. The fourth-order valence-corrected chi connectivity index (χ4v) is 4.63. The van der Waals surface area contributed by atoms with Crippen molar-refractivity contribution in [2.75, 3.05) is 10.7 Å². The van der Waals surface area contributed by atoms with Gasteiger partial charge in [-0.25, -0.2) is 4.98 Å². The molecule has 1 N–H and O–H groups in total. The minimum absolute atomic E-state index is 0.0527. The maximum absolute atomic E-state index is 13.0. The summed E-state index contributed by atoms with van der Waals surface area (Å²) in [7, 11) is 0. The molecule has 4 nitrogen and oxygen atoms in total. The number of benzene rings is 2. The Bertz CT molecular complexity index is 886. The number of H-pyrrole nitrogens is 1. The van der Waals surface area contributed by atoms with Gasteiger partial charge in [-0.2, -0.15) is 0 Å².